The summed E-state index contributed by atoms with van der Waals surface area (Å²) in [5, 5.41) is 14.2. The van der Waals surface area contributed by atoms with Crippen molar-refractivity contribution in [3.63, 3.8) is 0 Å². The number of carboxylic acid groups (broad SMARTS) is 1. The molecule has 0 fully saturated rings. The van der Waals surface area contributed by atoms with Gasteiger partial charge in [0.05, 0.1) is 0 Å². The molecule has 20 heavy (non-hydrogen) atoms. The van der Waals surface area contributed by atoms with E-state index in [1.165, 1.54) is 0 Å². The first-order valence-electron chi connectivity index (χ1n) is 6.90. The first-order chi connectivity index (χ1) is 9.30. The molecule has 1 atom stereocenters. The topological polar surface area (TPSA) is 122 Å². The zero-order valence-corrected chi connectivity index (χ0v) is 12.4. The lowest BCUT2D eigenvalue weighted by molar-refractivity contribution is -0.139. The number of nitrogens with two attached hydrogens (primary N) is 1. The minimum atomic E-state index is -1.18. The van der Waals surface area contributed by atoms with Gasteiger partial charge in [0.1, 0.15) is 6.04 Å². The summed E-state index contributed by atoms with van der Waals surface area (Å²) >= 11 is 0. The van der Waals surface area contributed by atoms with Gasteiger partial charge in [-0.15, -0.1) is 0 Å². The highest BCUT2D eigenvalue weighted by Crippen LogP contribution is 2.18. The molecule has 0 heterocycles. The molecule has 0 aliphatic carbocycles. The Morgan fingerprint density at radius 1 is 1.15 bits per heavy atom. The van der Waals surface area contributed by atoms with Crippen molar-refractivity contribution >= 4 is 17.9 Å². The number of aliphatic carboxylic acids is 1. The molecule has 0 radical (unpaired) electrons. The normalized spacial score (nSPS) is 12.6. The molecule has 7 heteroatoms. The number of rotatable bonds is 9. The number of primary amides is 1. The van der Waals surface area contributed by atoms with E-state index in [9.17, 15) is 14.4 Å². The summed E-state index contributed by atoms with van der Waals surface area (Å²) in [5.74, 6) is -1.78. The molecule has 0 aromatic rings. The number of carbonyl (C=O) groups is 3. The monoisotopic (exact) mass is 287 g/mol. The van der Waals surface area contributed by atoms with Gasteiger partial charge >= 0.3 is 12.0 Å². The van der Waals surface area contributed by atoms with E-state index in [-0.39, 0.29) is 18.4 Å². The van der Waals surface area contributed by atoms with Crippen molar-refractivity contribution in [2.24, 2.45) is 5.73 Å². The van der Waals surface area contributed by atoms with Crippen molar-refractivity contribution in [3.05, 3.63) is 0 Å². The number of carbonyl (C=O) groups excluding carboxylic acids is 2. The van der Waals surface area contributed by atoms with Gasteiger partial charge in [0.2, 0.25) is 5.91 Å². The van der Waals surface area contributed by atoms with Crippen LogP contribution in [0.3, 0.4) is 0 Å². The lowest BCUT2D eigenvalue weighted by Gasteiger charge is -2.32. The molecule has 5 N–H and O–H groups in total. The Labute approximate surface area is 119 Å². The van der Waals surface area contributed by atoms with Crippen LogP contribution in [0.4, 0.5) is 4.79 Å². The molecule has 0 aromatic heterocycles. The largest absolute Gasteiger partial charge is 0.480 e. The zero-order chi connectivity index (χ0) is 15.8. The first-order valence-corrected chi connectivity index (χ1v) is 6.90. The van der Waals surface area contributed by atoms with E-state index < -0.39 is 23.9 Å². The Balaban J connectivity index is 4.60. The number of hydrogen-bond acceptors (Lipinski definition) is 3. The van der Waals surface area contributed by atoms with Crippen LogP contribution in [-0.2, 0) is 9.59 Å². The molecule has 0 spiro atoms. The Morgan fingerprint density at radius 2 is 1.65 bits per heavy atom. The van der Waals surface area contributed by atoms with Crippen molar-refractivity contribution in [1.29, 1.82) is 0 Å². The van der Waals surface area contributed by atoms with Gasteiger partial charge in [-0.2, -0.15) is 0 Å². The van der Waals surface area contributed by atoms with Crippen molar-refractivity contribution < 1.29 is 19.5 Å². The standard InChI is InChI=1S/C13H25N3O4/c1-4-13(5-2,6-3)16-12(20)15-9(11(18)19)7-8-10(14)17/h9H,4-8H2,1-3H3,(H2,14,17)(H,18,19)(H2,15,16,20). The van der Waals surface area contributed by atoms with Gasteiger partial charge in [-0.25, -0.2) is 9.59 Å². The molecule has 116 valence electrons. The molecular formula is C13H25N3O4. The summed E-state index contributed by atoms with van der Waals surface area (Å²) in [6, 6.07) is -1.65. The lowest BCUT2D eigenvalue weighted by Crippen LogP contribution is -2.54. The maximum Gasteiger partial charge on any atom is 0.326 e. The van der Waals surface area contributed by atoms with Gasteiger partial charge in [0.15, 0.2) is 0 Å². The predicted molar refractivity (Wildman–Crippen MR) is 75.1 cm³/mol. The quantitative estimate of drug-likeness (QED) is 0.505. The number of nitrogens with one attached hydrogen (secondary N) is 2. The van der Waals surface area contributed by atoms with Crippen LogP contribution in [0.5, 0.6) is 0 Å². The van der Waals surface area contributed by atoms with Crippen LogP contribution in [0.25, 0.3) is 0 Å². The SMILES string of the molecule is CCC(CC)(CC)NC(=O)NC(CCC(N)=O)C(=O)O. The third-order valence-corrected chi connectivity index (χ3v) is 3.69. The Morgan fingerprint density at radius 3 is 2.00 bits per heavy atom. The van der Waals surface area contributed by atoms with Crippen LogP contribution in [0, 0.1) is 0 Å². The van der Waals surface area contributed by atoms with E-state index >= 15 is 0 Å². The molecule has 0 rings (SSSR count). The van der Waals surface area contributed by atoms with Gasteiger partial charge in [-0.3, -0.25) is 4.79 Å². The van der Waals surface area contributed by atoms with Gasteiger partial charge in [-0.05, 0) is 25.7 Å². The Kier molecular flexibility index (Phi) is 7.64. The van der Waals surface area contributed by atoms with E-state index in [0.717, 1.165) is 19.3 Å². The highest BCUT2D eigenvalue weighted by Gasteiger charge is 2.28. The predicted octanol–water partition coefficient (Wildman–Crippen LogP) is 0.973. The van der Waals surface area contributed by atoms with Crippen molar-refractivity contribution in [2.75, 3.05) is 0 Å². The van der Waals surface area contributed by atoms with Gasteiger partial charge < -0.3 is 21.5 Å². The minimum absolute atomic E-state index is 0.0184. The molecule has 0 aromatic carbocycles. The van der Waals surface area contributed by atoms with E-state index in [4.69, 9.17) is 10.8 Å². The zero-order valence-electron chi connectivity index (χ0n) is 12.4. The summed E-state index contributed by atoms with van der Waals surface area (Å²) < 4.78 is 0. The molecular weight excluding hydrogens is 262 g/mol. The highest BCUT2D eigenvalue weighted by atomic mass is 16.4. The molecule has 0 aliphatic rings. The average molecular weight is 287 g/mol. The fraction of sp³-hybridized carbons (Fsp3) is 0.769. The maximum atomic E-state index is 11.9. The van der Waals surface area contributed by atoms with Gasteiger partial charge in [0.25, 0.3) is 0 Å². The second-order valence-electron chi connectivity index (χ2n) is 4.84. The van der Waals surface area contributed by atoms with Crippen LogP contribution >= 0.6 is 0 Å². The molecule has 3 amide bonds. The van der Waals surface area contributed by atoms with Gasteiger partial charge in [-0.1, -0.05) is 20.8 Å². The van der Waals surface area contributed by atoms with E-state index in [0.29, 0.717) is 0 Å². The number of hydrogen-bond donors (Lipinski definition) is 4. The Bertz CT molecular complexity index is 345. The third kappa shape index (κ3) is 5.90. The van der Waals surface area contributed by atoms with Crippen LogP contribution in [-0.4, -0.2) is 34.6 Å². The summed E-state index contributed by atoms with van der Waals surface area (Å²) in [5.41, 5.74) is 4.64. The molecule has 0 aliphatic heterocycles. The third-order valence-electron chi connectivity index (χ3n) is 3.69. The van der Waals surface area contributed by atoms with Crippen LogP contribution in [0.1, 0.15) is 52.9 Å². The molecule has 1 unspecified atom stereocenters. The number of carboxylic acids is 1. The summed E-state index contributed by atoms with van der Waals surface area (Å²) in [6.07, 6.45) is 2.17. The van der Waals surface area contributed by atoms with Crippen LogP contribution in [0.15, 0.2) is 0 Å². The summed E-state index contributed by atoms with van der Waals surface area (Å²) in [4.78, 5) is 33.6. The lowest BCUT2D eigenvalue weighted by atomic mass is 9.90. The second kappa shape index (κ2) is 8.39. The van der Waals surface area contributed by atoms with Crippen molar-refractivity contribution in [2.45, 2.75) is 64.5 Å². The fourth-order valence-electron chi connectivity index (χ4n) is 1.99. The fourth-order valence-corrected chi connectivity index (χ4v) is 1.99. The maximum absolute atomic E-state index is 11.9. The average Bonchev–Trinajstić information content (AvgIpc) is 2.40. The van der Waals surface area contributed by atoms with Crippen LogP contribution in [0.2, 0.25) is 0 Å². The highest BCUT2D eigenvalue weighted by molar-refractivity contribution is 5.83. The second-order valence-corrected chi connectivity index (χ2v) is 4.84. The molecule has 0 saturated carbocycles. The smallest absolute Gasteiger partial charge is 0.326 e. The van der Waals surface area contributed by atoms with Gasteiger partial charge in [0, 0.05) is 12.0 Å². The number of urea groups is 1. The summed E-state index contributed by atoms with van der Waals surface area (Å²) in [6.45, 7) is 5.90. The van der Waals surface area contributed by atoms with Crippen molar-refractivity contribution in [1.82, 2.24) is 10.6 Å². The first kappa shape index (κ1) is 18.2. The van der Waals surface area contributed by atoms with Crippen molar-refractivity contribution in [3.8, 4) is 0 Å². The van der Waals surface area contributed by atoms with E-state index in [1.54, 1.807) is 0 Å². The number of amides is 3. The minimum Gasteiger partial charge on any atom is -0.480 e. The molecule has 0 bridgehead atoms. The molecule has 7 nitrogen and oxygen atoms in total. The van der Waals surface area contributed by atoms with Crippen LogP contribution < -0.4 is 16.4 Å². The van der Waals surface area contributed by atoms with E-state index in [1.807, 2.05) is 20.8 Å². The Hall–Kier alpha value is -1.79. The molecule has 0 saturated heterocycles. The van der Waals surface area contributed by atoms with E-state index in [2.05, 4.69) is 10.6 Å². The summed E-state index contributed by atoms with van der Waals surface area (Å²) in [7, 11) is 0.